The largest absolute Gasteiger partial charge is 0.326 e. The first-order valence-electron chi connectivity index (χ1n) is 12.7. The third-order valence-electron chi connectivity index (χ3n) is 6.42. The van der Waals surface area contributed by atoms with Crippen molar-refractivity contribution in [2.24, 2.45) is 0 Å². The van der Waals surface area contributed by atoms with Crippen LogP contribution in [0, 0.1) is 0 Å². The number of benzene rings is 4. The lowest BCUT2D eigenvalue weighted by molar-refractivity contribution is -0.116. The average molecular weight is 535 g/mol. The Hall–Kier alpha value is -4.49. The molecule has 6 nitrogen and oxygen atoms in total. The molecule has 1 aliphatic carbocycles. The topological polar surface area (TPSA) is 92.3 Å². The zero-order valence-corrected chi connectivity index (χ0v) is 22.1. The molecule has 5 rings (SSSR count). The maximum Gasteiger partial charge on any atom is 0.242 e. The molecule has 0 aliphatic heterocycles. The molecule has 0 bridgehead atoms. The molecule has 0 aromatic heterocycles. The van der Waals surface area contributed by atoms with Gasteiger partial charge in [-0.25, -0.2) is 0 Å². The van der Waals surface area contributed by atoms with Crippen molar-refractivity contribution in [2.45, 2.75) is 29.9 Å². The molecular weight excluding hydrogens is 508 g/mol. The second kappa shape index (κ2) is 11.5. The van der Waals surface area contributed by atoms with E-state index >= 15 is 0 Å². The molecule has 7 heteroatoms. The van der Waals surface area contributed by atoms with Crippen LogP contribution in [0.15, 0.2) is 102 Å². The number of ketones is 2. The van der Waals surface area contributed by atoms with Gasteiger partial charge in [0, 0.05) is 33.7 Å². The highest BCUT2D eigenvalue weighted by atomic mass is 32.2. The number of nitrogens with one attached hydrogen (secondary N) is 2. The van der Waals surface area contributed by atoms with Crippen LogP contribution in [0.1, 0.15) is 62.4 Å². The van der Waals surface area contributed by atoms with Crippen LogP contribution in [0.2, 0.25) is 0 Å². The first-order chi connectivity index (χ1) is 19.0. The van der Waals surface area contributed by atoms with Gasteiger partial charge in [0.05, 0.1) is 11.3 Å². The number of hydrogen-bond donors (Lipinski definition) is 2. The van der Waals surface area contributed by atoms with Crippen molar-refractivity contribution in [3.63, 3.8) is 0 Å². The van der Waals surface area contributed by atoms with E-state index in [0.29, 0.717) is 28.9 Å². The van der Waals surface area contributed by atoms with Gasteiger partial charge in [-0.2, -0.15) is 0 Å². The van der Waals surface area contributed by atoms with Crippen LogP contribution in [0.25, 0.3) is 0 Å². The maximum atomic E-state index is 13.7. The SMILES string of the molecule is CCCC(=O)Nc1ccc(SC(C(=O)Nc2cccc3c2C(=O)c2ccccc2C3=O)c2ccccc2)cc1. The summed E-state index contributed by atoms with van der Waals surface area (Å²) in [6.45, 7) is 1.95. The molecule has 1 unspecified atom stereocenters. The predicted molar refractivity (Wildman–Crippen MR) is 153 cm³/mol. The summed E-state index contributed by atoms with van der Waals surface area (Å²) in [5.74, 6) is -0.891. The van der Waals surface area contributed by atoms with Crippen molar-refractivity contribution < 1.29 is 19.2 Å². The highest BCUT2D eigenvalue weighted by Gasteiger charge is 2.32. The standard InChI is InChI=1S/C32H26N2O4S/c1-2-9-27(35)33-21-16-18-22(19-17-21)39-31(20-10-4-3-5-11-20)32(38)34-26-15-8-14-25-28(26)30(37)24-13-7-6-12-23(24)29(25)36/h3-8,10-19,31H,2,9H2,1H3,(H,33,35)(H,34,38). The Balaban J connectivity index is 1.42. The monoisotopic (exact) mass is 534 g/mol. The summed E-state index contributed by atoms with van der Waals surface area (Å²) in [5, 5.41) is 5.16. The van der Waals surface area contributed by atoms with Crippen LogP contribution >= 0.6 is 11.8 Å². The van der Waals surface area contributed by atoms with E-state index in [1.165, 1.54) is 11.8 Å². The summed E-state index contributed by atoms with van der Waals surface area (Å²) in [6.07, 6.45) is 1.22. The van der Waals surface area contributed by atoms with Gasteiger partial charge in [-0.05, 0) is 42.3 Å². The summed E-state index contributed by atoms with van der Waals surface area (Å²) in [5.41, 5.74) is 2.97. The minimum atomic E-state index is -0.635. The lowest BCUT2D eigenvalue weighted by atomic mass is 9.83. The molecule has 0 radical (unpaired) electrons. The number of amides is 2. The second-order valence-corrected chi connectivity index (χ2v) is 10.3. The van der Waals surface area contributed by atoms with Gasteiger partial charge in [-0.3, -0.25) is 19.2 Å². The van der Waals surface area contributed by atoms with Crippen LogP contribution in [-0.2, 0) is 9.59 Å². The number of rotatable bonds is 8. The van der Waals surface area contributed by atoms with Gasteiger partial charge in [0.2, 0.25) is 11.8 Å². The van der Waals surface area contributed by atoms with Crippen molar-refractivity contribution in [1.29, 1.82) is 0 Å². The van der Waals surface area contributed by atoms with Crippen LogP contribution in [-0.4, -0.2) is 23.4 Å². The van der Waals surface area contributed by atoms with Crippen molar-refractivity contribution in [2.75, 3.05) is 10.6 Å². The van der Waals surface area contributed by atoms with Crippen molar-refractivity contribution in [3.8, 4) is 0 Å². The third-order valence-corrected chi connectivity index (χ3v) is 7.69. The molecule has 0 heterocycles. The number of hydrogen-bond acceptors (Lipinski definition) is 5. The number of fused-ring (bicyclic) bond motifs is 2. The van der Waals surface area contributed by atoms with Crippen LogP contribution in [0.3, 0.4) is 0 Å². The Morgan fingerprint density at radius 2 is 1.36 bits per heavy atom. The van der Waals surface area contributed by atoms with E-state index in [2.05, 4.69) is 10.6 Å². The van der Waals surface area contributed by atoms with E-state index in [1.807, 2.05) is 61.5 Å². The van der Waals surface area contributed by atoms with Gasteiger partial charge in [-0.15, -0.1) is 11.8 Å². The minimum absolute atomic E-state index is 0.0405. The fourth-order valence-electron chi connectivity index (χ4n) is 4.55. The zero-order valence-electron chi connectivity index (χ0n) is 21.3. The first kappa shape index (κ1) is 26.1. The summed E-state index contributed by atoms with van der Waals surface area (Å²) in [6, 6.07) is 28.4. The lowest BCUT2D eigenvalue weighted by Crippen LogP contribution is -2.25. The van der Waals surface area contributed by atoms with Gasteiger partial charge in [0.25, 0.3) is 0 Å². The van der Waals surface area contributed by atoms with Gasteiger partial charge in [0.1, 0.15) is 5.25 Å². The third kappa shape index (κ3) is 5.54. The second-order valence-electron chi connectivity index (χ2n) is 9.15. The molecule has 4 aromatic rings. The normalized spacial score (nSPS) is 12.7. The molecule has 0 saturated carbocycles. The maximum absolute atomic E-state index is 13.7. The van der Waals surface area contributed by atoms with Crippen LogP contribution < -0.4 is 10.6 Å². The molecule has 0 saturated heterocycles. The predicted octanol–water partition coefficient (Wildman–Crippen LogP) is 6.67. The molecule has 1 atom stereocenters. The highest BCUT2D eigenvalue weighted by molar-refractivity contribution is 8.00. The minimum Gasteiger partial charge on any atom is -0.326 e. The first-order valence-corrected chi connectivity index (χ1v) is 13.6. The molecule has 39 heavy (non-hydrogen) atoms. The summed E-state index contributed by atoms with van der Waals surface area (Å²) in [4.78, 5) is 53.0. The van der Waals surface area contributed by atoms with Gasteiger partial charge in [-0.1, -0.05) is 73.7 Å². The molecule has 0 fully saturated rings. The molecular formula is C32H26N2O4S. The molecule has 1 aliphatic rings. The Morgan fingerprint density at radius 3 is 2.05 bits per heavy atom. The van der Waals surface area contributed by atoms with Crippen LogP contribution in [0.4, 0.5) is 11.4 Å². The van der Waals surface area contributed by atoms with Gasteiger partial charge < -0.3 is 10.6 Å². The average Bonchev–Trinajstić information content (AvgIpc) is 2.96. The smallest absolute Gasteiger partial charge is 0.242 e. The van der Waals surface area contributed by atoms with Crippen molar-refractivity contribution >= 4 is 46.5 Å². The summed E-state index contributed by atoms with van der Waals surface area (Å²) >= 11 is 1.36. The van der Waals surface area contributed by atoms with E-state index in [-0.39, 0.29) is 34.5 Å². The van der Waals surface area contributed by atoms with E-state index < -0.39 is 5.25 Å². The fraction of sp³-hybridized carbons (Fsp3) is 0.125. The Labute approximate surface area is 230 Å². The van der Waals surface area contributed by atoms with E-state index in [9.17, 15) is 19.2 Å². The van der Waals surface area contributed by atoms with E-state index in [1.54, 1.807) is 42.5 Å². The lowest BCUT2D eigenvalue weighted by Gasteiger charge is -2.22. The molecule has 2 N–H and O–H groups in total. The molecule has 0 spiro atoms. The Kier molecular flexibility index (Phi) is 7.70. The quantitative estimate of drug-likeness (QED) is 0.217. The molecule has 194 valence electrons. The number of thioether (sulfide) groups is 1. The number of carbonyl (C=O) groups is 4. The van der Waals surface area contributed by atoms with E-state index in [0.717, 1.165) is 16.9 Å². The number of carbonyl (C=O) groups excluding carboxylic acids is 4. The summed E-state index contributed by atoms with van der Waals surface area (Å²) < 4.78 is 0. The van der Waals surface area contributed by atoms with Crippen molar-refractivity contribution in [3.05, 3.63) is 125 Å². The molecule has 2 amide bonds. The van der Waals surface area contributed by atoms with Gasteiger partial charge >= 0.3 is 0 Å². The van der Waals surface area contributed by atoms with Gasteiger partial charge in [0.15, 0.2) is 11.6 Å². The zero-order chi connectivity index (χ0) is 27.4. The van der Waals surface area contributed by atoms with Crippen LogP contribution in [0.5, 0.6) is 0 Å². The molecule has 4 aromatic carbocycles. The van der Waals surface area contributed by atoms with Crippen molar-refractivity contribution in [1.82, 2.24) is 0 Å². The highest BCUT2D eigenvalue weighted by Crippen LogP contribution is 2.38. The Morgan fingerprint density at radius 1 is 0.718 bits per heavy atom. The fourth-order valence-corrected chi connectivity index (χ4v) is 5.58. The van der Waals surface area contributed by atoms with E-state index in [4.69, 9.17) is 0 Å². The number of anilines is 2. The Bertz CT molecular complexity index is 1570. The summed E-state index contributed by atoms with van der Waals surface area (Å²) in [7, 11) is 0.